The Hall–Kier alpha value is -2.28. The molecule has 0 saturated carbocycles. The first-order chi connectivity index (χ1) is 7.63. The number of hydrogen-bond acceptors (Lipinski definition) is 3. The molecule has 2 rings (SSSR count). The first-order valence-electron chi connectivity index (χ1n) is 4.94. The second-order valence-electron chi connectivity index (χ2n) is 3.67. The number of imidazole rings is 1. The Balaban J connectivity index is 2.54. The number of nitriles is 1. The number of nitrogens with zero attached hydrogens (tertiary/aromatic N) is 3. The number of benzene rings is 1. The zero-order valence-electron chi connectivity index (χ0n) is 9.23. The summed E-state index contributed by atoms with van der Waals surface area (Å²) >= 11 is 0. The fourth-order valence-corrected chi connectivity index (χ4v) is 1.56. The van der Waals surface area contributed by atoms with Crippen molar-refractivity contribution in [1.82, 2.24) is 9.55 Å². The molecule has 0 unspecified atom stereocenters. The summed E-state index contributed by atoms with van der Waals surface area (Å²) in [6.07, 6.45) is 1.76. The predicted octanol–water partition coefficient (Wildman–Crippen LogP) is 1.94. The minimum atomic E-state index is 0.491. The van der Waals surface area contributed by atoms with E-state index >= 15 is 0 Å². The van der Waals surface area contributed by atoms with Gasteiger partial charge in [0.15, 0.2) is 0 Å². The standard InChI is InChI=1S/C12H12N4/c1-8-9(2)16(7-15-8)11-4-3-10(6-13)12(14)5-11/h3-5,7H,14H2,1-2H3. The number of nitrogen functional groups attached to an aromatic ring is 1. The highest BCUT2D eigenvalue weighted by atomic mass is 15.1. The van der Waals surface area contributed by atoms with Gasteiger partial charge < -0.3 is 10.3 Å². The second-order valence-corrected chi connectivity index (χ2v) is 3.67. The van der Waals surface area contributed by atoms with Crippen LogP contribution >= 0.6 is 0 Å². The molecule has 0 bridgehead atoms. The number of hydrogen-bond donors (Lipinski definition) is 1. The lowest BCUT2D eigenvalue weighted by molar-refractivity contribution is 1.00. The van der Waals surface area contributed by atoms with Crippen molar-refractivity contribution in [3.05, 3.63) is 41.5 Å². The number of nitrogens with two attached hydrogens (primary N) is 1. The van der Waals surface area contributed by atoms with E-state index in [-0.39, 0.29) is 0 Å². The van der Waals surface area contributed by atoms with Crippen LogP contribution in [0.15, 0.2) is 24.5 Å². The molecule has 0 radical (unpaired) electrons. The minimum absolute atomic E-state index is 0.491. The Morgan fingerprint density at radius 2 is 2.12 bits per heavy atom. The normalized spacial score (nSPS) is 10.1. The molecule has 80 valence electrons. The number of anilines is 1. The molecule has 0 spiro atoms. The molecule has 0 aliphatic carbocycles. The smallest absolute Gasteiger partial charge is 0.101 e. The van der Waals surface area contributed by atoms with Crippen LogP contribution in [0.1, 0.15) is 17.0 Å². The van der Waals surface area contributed by atoms with Gasteiger partial charge >= 0.3 is 0 Å². The van der Waals surface area contributed by atoms with Crippen LogP contribution < -0.4 is 5.73 Å². The van der Waals surface area contributed by atoms with Crippen molar-refractivity contribution in [3.8, 4) is 11.8 Å². The van der Waals surface area contributed by atoms with Gasteiger partial charge in [-0.3, -0.25) is 0 Å². The van der Waals surface area contributed by atoms with Gasteiger partial charge in [0.1, 0.15) is 6.07 Å². The molecule has 1 heterocycles. The van der Waals surface area contributed by atoms with Crippen molar-refractivity contribution in [2.24, 2.45) is 0 Å². The molecule has 0 amide bonds. The molecule has 0 atom stereocenters. The second kappa shape index (κ2) is 3.70. The van der Waals surface area contributed by atoms with Crippen LogP contribution in [0.5, 0.6) is 0 Å². The van der Waals surface area contributed by atoms with E-state index < -0.39 is 0 Å². The van der Waals surface area contributed by atoms with E-state index in [1.807, 2.05) is 30.6 Å². The Morgan fingerprint density at radius 1 is 1.38 bits per heavy atom. The summed E-state index contributed by atoms with van der Waals surface area (Å²) in [5, 5.41) is 8.79. The summed E-state index contributed by atoms with van der Waals surface area (Å²) in [5.41, 5.74) is 9.75. The molecule has 2 aromatic rings. The molecule has 2 N–H and O–H groups in total. The highest BCUT2D eigenvalue weighted by Crippen LogP contribution is 2.19. The summed E-state index contributed by atoms with van der Waals surface area (Å²) in [4.78, 5) is 4.22. The van der Waals surface area contributed by atoms with Gasteiger partial charge in [-0.15, -0.1) is 0 Å². The van der Waals surface area contributed by atoms with E-state index in [1.165, 1.54) is 0 Å². The van der Waals surface area contributed by atoms with Gasteiger partial charge in [0, 0.05) is 11.4 Å². The van der Waals surface area contributed by atoms with E-state index in [9.17, 15) is 0 Å². The van der Waals surface area contributed by atoms with Crippen molar-refractivity contribution in [2.45, 2.75) is 13.8 Å². The summed E-state index contributed by atoms with van der Waals surface area (Å²) in [5.74, 6) is 0. The van der Waals surface area contributed by atoms with Crippen molar-refractivity contribution < 1.29 is 0 Å². The Kier molecular flexibility index (Phi) is 2.37. The monoisotopic (exact) mass is 212 g/mol. The van der Waals surface area contributed by atoms with Crippen molar-refractivity contribution in [1.29, 1.82) is 5.26 Å². The van der Waals surface area contributed by atoms with Crippen LogP contribution in [0.4, 0.5) is 5.69 Å². The number of aryl methyl sites for hydroxylation is 1. The fraction of sp³-hybridized carbons (Fsp3) is 0.167. The number of aromatic nitrogens is 2. The third kappa shape index (κ3) is 1.52. The summed E-state index contributed by atoms with van der Waals surface area (Å²) in [7, 11) is 0. The first kappa shape index (κ1) is 10.2. The van der Waals surface area contributed by atoms with E-state index in [2.05, 4.69) is 4.98 Å². The van der Waals surface area contributed by atoms with Crippen LogP contribution in [0.25, 0.3) is 5.69 Å². The van der Waals surface area contributed by atoms with Crippen LogP contribution in [0.2, 0.25) is 0 Å². The first-order valence-corrected chi connectivity index (χ1v) is 4.94. The van der Waals surface area contributed by atoms with Crippen LogP contribution in [-0.4, -0.2) is 9.55 Å². The predicted molar refractivity (Wildman–Crippen MR) is 62.2 cm³/mol. The molecule has 1 aromatic heterocycles. The van der Waals surface area contributed by atoms with Crippen molar-refractivity contribution in [3.63, 3.8) is 0 Å². The van der Waals surface area contributed by atoms with Crippen LogP contribution in [0, 0.1) is 25.2 Å². The van der Waals surface area contributed by atoms with Gasteiger partial charge in [-0.2, -0.15) is 5.26 Å². The third-order valence-corrected chi connectivity index (χ3v) is 2.69. The quantitative estimate of drug-likeness (QED) is 0.734. The maximum Gasteiger partial charge on any atom is 0.101 e. The summed E-state index contributed by atoms with van der Waals surface area (Å²) in [6, 6.07) is 7.41. The number of rotatable bonds is 1. The SMILES string of the molecule is Cc1ncn(-c2ccc(C#N)c(N)c2)c1C. The molecule has 0 saturated heterocycles. The zero-order valence-corrected chi connectivity index (χ0v) is 9.23. The molecule has 1 aromatic carbocycles. The van der Waals surface area contributed by atoms with Gasteiger partial charge in [-0.25, -0.2) is 4.98 Å². The maximum absolute atomic E-state index is 8.79. The average molecular weight is 212 g/mol. The molecule has 0 fully saturated rings. The lowest BCUT2D eigenvalue weighted by Gasteiger charge is -2.07. The minimum Gasteiger partial charge on any atom is -0.398 e. The van der Waals surface area contributed by atoms with Gasteiger partial charge in [-0.1, -0.05) is 0 Å². The average Bonchev–Trinajstić information content (AvgIpc) is 2.60. The summed E-state index contributed by atoms with van der Waals surface area (Å²) < 4.78 is 1.95. The van der Waals surface area contributed by atoms with Crippen molar-refractivity contribution >= 4 is 5.69 Å². The third-order valence-electron chi connectivity index (χ3n) is 2.69. The molecule has 16 heavy (non-hydrogen) atoms. The molecular weight excluding hydrogens is 200 g/mol. The lowest BCUT2D eigenvalue weighted by atomic mass is 10.2. The van der Waals surface area contributed by atoms with Gasteiger partial charge in [0.05, 0.1) is 23.3 Å². The van der Waals surface area contributed by atoms with E-state index in [0.717, 1.165) is 17.1 Å². The zero-order chi connectivity index (χ0) is 11.7. The molecule has 0 aliphatic rings. The molecular formula is C12H12N4. The highest BCUT2D eigenvalue weighted by molar-refractivity contribution is 5.59. The highest BCUT2D eigenvalue weighted by Gasteiger charge is 2.06. The topological polar surface area (TPSA) is 67.6 Å². The largest absolute Gasteiger partial charge is 0.398 e. The molecule has 4 nitrogen and oxygen atoms in total. The van der Waals surface area contributed by atoms with Gasteiger partial charge in [0.2, 0.25) is 0 Å². The van der Waals surface area contributed by atoms with Crippen LogP contribution in [0.3, 0.4) is 0 Å². The van der Waals surface area contributed by atoms with Crippen LogP contribution in [-0.2, 0) is 0 Å². The fourth-order valence-electron chi connectivity index (χ4n) is 1.56. The Bertz CT molecular complexity index is 575. The van der Waals surface area contributed by atoms with E-state index in [4.69, 9.17) is 11.0 Å². The molecule has 0 aliphatic heterocycles. The van der Waals surface area contributed by atoms with E-state index in [0.29, 0.717) is 11.3 Å². The van der Waals surface area contributed by atoms with E-state index in [1.54, 1.807) is 18.5 Å². The van der Waals surface area contributed by atoms with Gasteiger partial charge in [-0.05, 0) is 32.0 Å². The maximum atomic E-state index is 8.79. The lowest BCUT2D eigenvalue weighted by Crippen LogP contribution is -1.98. The van der Waals surface area contributed by atoms with Gasteiger partial charge in [0.25, 0.3) is 0 Å². The summed E-state index contributed by atoms with van der Waals surface area (Å²) in [6.45, 7) is 3.95. The Morgan fingerprint density at radius 3 is 2.62 bits per heavy atom. The Labute approximate surface area is 94.0 Å². The van der Waals surface area contributed by atoms with Crippen molar-refractivity contribution in [2.75, 3.05) is 5.73 Å². The molecule has 4 heteroatoms.